The minimum absolute atomic E-state index is 0.00260. The van der Waals surface area contributed by atoms with E-state index in [1.54, 1.807) is 17.3 Å². The second-order valence-corrected chi connectivity index (χ2v) is 11.4. The van der Waals surface area contributed by atoms with Crippen molar-refractivity contribution in [3.05, 3.63) is 59.9 Å². The highest BCUT2D eigenvalue weighted by Gasteiger charge is 2.34. The molecule has 6 nitrogen and oxygen atoms in total. The van der Waals surface area contributed by atoms with Gasteiger partial charge in [-0.15, -0.1) is 0 Å². The van der Waals surface area contributed by atoms with Crippen LogP contribution >= 0.6 is 0 Å². The fourth-order valence-corrected chi connectivity index (χ4v) is 5.46. The molecule has 1 aromatic heterocycles. The average Bonchev–Trinajstić information content (AvgIpc) is 3.40. The van der Waals surface area contributed by atoms with Crippen molar-refractivity contribution in [1.82, 2.24) is 15.6 Å². The highest BCUT2D eigenvalue weighted by molar-refractivity contribution is 6.01. The summed E-state index contributed by atoms with van der Waals surface area (Å²) in [5, 5.41) is 6.78. The van der Waals surface area contributed by atoms with Crippen LogP contribution in [0.2, 0.25) is 0 Å². The van der Waals surface area contributed by atoms with Crippen LogP contribution in [0.15, 0.2) is 48.8 Å². The SMILES string of the molecule is CC(C)(C)c1ccc(N(C(=O)CCC2CCCN2)C(C(=O)NC2CCCCC2)c2cccnc2)cc1. The molecule has 2 N–H and O–H groups in total. The number of aromatic nitrogens is 1. The van der Waals surface area contributed by atoms with Crippen molar-refractivity contribution >= 4 is 17.5 Å². The highest BCUT2D eigenvalue weighted by atomic mass is 16.2. The first-order valence-electron chi connectivity index (χ1n) is 13.7. The van der Waals surface area contributed by atoms with E-state index < -0.39 is 6.04 Å². The van der Waals surface area contributed by atoms with Crippen LogP contribution in [0.1, 0.15) is 95.7 Å². The van der Waals surface area contributed by atoms with E-state index in [4.69, 9.17) is 0 Å². The molecular weight excluding hydrogens is 448 g/mol. The number of pyridine rings is 1. The van der Waals surface area contributed by atoms with Gasteiger partial charge in [0.1, 0.15) is 6.04 Å². The van der Waals surface area contributed by atoms with E-state index >= 15 is 0 Å². The Hall–Kier alpha value is -2.73. The molecule has 36 heavy (non-hydrogen) atoms. The van der Waals surface area contributed by atoms with E-state index in [2.05, 4.69) is 48.5 Å². The molecule has 0 radical (unpaired) electrons. The van der Waals surface area contributed by atoms with Gasteiger partial charge < -0.3 is 10.6 Å². The minimum Gasteiger partial charge on any atom is -0.351 e. The van der Waals surface area contributed by atoms with Gasteiger partial charge in [-0.05, 0) is 67.8 Å². The number of hydrogen-bond acceptors (Lipinski definition) is 4. The summed E-state index contributed by atoms with van der Waals surface area (Å²) in [4.78, 5) is 33.8. The molecule has 194 valence electrons. The molecular formula is C30H42N4O2. The predicted octanol–water partition coefficient (Wildman–Crippen LogP) is 5.43. The summed E-state index contributed by atoms with van der Waals surface area (Å²) in [6.45, 7) is 7.54. The Kier molecular flexibility index (Phi) is 8.78. The fraction of sp³-hybridized carbons (Fsp3) is 0.567. The Labute approximate surface area is 216 Å². The van der Waals surface area contributed by atoms with Crippen molar-refractivity contribution in [2.24, 2.45) is 0 Å². The second kappa shape index (κ2) is 12.0. The molecule has 2 amide bonds. The van der Waals surface area contributed by atoms with Crippen molar-refractivity contribution in [2.45, 2.75) is 102 Å². The third-order valence-electron chi connectivity index (χ3n) is 7.61. The van der Waals surface area contributed by atoms with Crippen LogP contribution in [0.5, 0.6) is 0 Å². The number of benzene rings is 1. The molecule has 2 fully saturated rings. The molecule has 2 unspecified atom stereocenters. The summed E-state index contributed by atoms with van der Waals surface area (Å²) in [6, 6.07) is 11.6. The lowest BCUT2D eigenvalue weighted by molar-refractivity contribution is -0.127. The molecule has 2 aromatic rings. The first-order chi connectivity index (χ1) is 17.3. The summed E-state index contributed by atoms with van der Waals surface area (Å²) in [6.07, 6.45) is 12.3. The predicted molar refractivity (Wildman–Crippen MR) is 145 cm³/mol. The standard InChI is InChI=1S/C30H42N4O2/c1-30(2,3)23-13-16-26(17-14-23)34(27(35)18-15-24-12-8-20-32-24)28(22-9-7-19-31-21-22)29(36)33-25-10-5-4-6-11-25/h7,9,13-14,16-17,19,21,24-25,28,32H,4-6,8,10-12,15,18,20H2,1-3H3,(H,33,36). The normalized spacial score (nSPS) is 19.6. The summed E-state index contributed by atoms with van der Waals surface area (Å²) >= 11 is 0. The zero-order valence-corrected chi connectivity index (χ0v) is 22.1. The maximum absolute atomic E-state index is 13.9. The van der Waals surface area contributed by atoms with E-state index in [0.717, 1.165) is 62.7 Å². The van der Waals surface area contributed by atoms with Gasteiger partial charge in [-0.25, -0.2) is 0 Å². The Morgan fingerprint density at radius 1 is 1.06 bits per heavy atom. The number of nitrogens with one attached hydrogen (secondary N) is 2. The van der Waals surface area contributed by atoms with Gasteiger partial charge in [0.15, 0.2) is 0 Å². The van der Waals surface area contributed by atoms with Gasteiger partial charge in [-0.2, -0.15) is 0 Å². The largest absolute Gasteiger partial charge is 0.351 e. The monoisotopic (exact) mass is 490 g/mol. The van der Waals surface area contributed by atoms with Crippen LogP contribution in [0, 0.1) is 0 Å². The lowest BCUT2D eigenvalue weighted by atomic mass is 9.87. The van der Waals surface area contributed by atoms with E-state index in [0.29, 0.717) is 12.5 Å². The van der Waals surface area contributed by atoms with Crippen LogP contribution < -0.4 is 15.5 Å². The Morgan fingerprint density at radius 3 is 2.42 bits per heavy atom. The zero-order valence-electron chi connectivity index (χ0n) is 22.1. The quantitative estimate of drug-likeness (QED) is 0.517. The van der Waals surface area contributed by atoms with E-state index in [1.165, 1.54) is 12.0 Å². The molecule has 4 rings (SSSR count). The van der Waals surface area contributed by atoms with Crippen molar-refractivity contribution in [1.29, 1.82) is 0 Å². The van der Waals surface area contributed by atoms with Crippen LogP contribution in [-0.4, -0.2) is 35.4 Å². The summed E-state index contributed by atoms with van der Waals surface area (Å²) in [5.74, 6) is -0.151. The maximum atomic E-state index is 13.9. The molecule has 1 aliphatic carbocycles. The molecule has 1 saturated heterocycles. The van der Waals surface area contributed by atoms with Gasteiger partial charge in [0.25, 0.3) is 0 Å². The highest BCUT2D eigenvalue weighted by Crippen LogP contribution is 2.32. The smallest absolute Gasteiger partial charge is 0.248 e. The van der Waals surface area contributed by atoms with E-state index in [-0.39, 0.29) is 23.3 Å². The molecule has 1 aliphatic heterocycles. The number of nitrogens with zero attached hydrogens (tertiary/aromatic N) is 2. The van der Waals surface area contributed by atoms with Crippen molar-refractivity contribution in [3.8, 4) is 0 Å². The molecule has 0 bridgehead atoms. The Morgan fingerprint density at radius 2 is 1.81 bits per heavy atom. The third kappa shape index (κ3) is 6.73. The average molecular weight is 491 g/mol. The number of amides is 2. The Bertz CT molecular complexity index is 988. The topological polar surface area (TPSA) is 74.3 Å². The van der Waals surface area contributed by atoms with Crippen molar-refractivity contribution < 1.29 is 9.59 Å². The molecule has 1 aromatic carbocycles. The summed E-state index contributed by atoms with van der Waals surface area (Å²) < 4.78 is 0. The lowest BCUT2D eigenvalue weighted by Gasteiger charge is -2.34. The number of hydrogen-bond donors (Lipinski definition) is 2. The van der Waals surface area contributed by atoms with E-state index in [1.807, 2.05) is 24.3 Å². The zero-order chi connectivity index (χ0) is 25.5. The van der Waals surface area contributed by atoms with Crippen LogP contribution in [0.4, 0.5) is 5.69 Å². The number of carbonyl (C=O) groups excluding carboxylic acids is 2. The first-order valence-corrected chi connectivity index (χ1v) is 13.7. The van der Waals surface area contributed by atoms with Crippen molar-refractivity contribution in [2.75, 3.05) is 11.4 Å². The maximum Gasteiger partial charge on any atom is 0.248 e. The van der Waals surface area contributed by atoms with Crippen LogP contribution in [0.25, 0.3) is 0 Å². The fourth-order valence-electron chi connectivity index (χ4n) is 5.46. The minimum atomic E-state index is -0.759. The first kappa shape index (κ1) is 26.3. The molecule has 1 saturated carbocycles. The van der Waals surface area contributed by atoms with Gasteiger partial charge in [0.05, 0.1) is 0 Å². The molecule has 2 heterocycles. The molecule has 2 atom stereocenters. The molecule has 6 heteroatoms. The van der Waals surface area contributed by atoms with E-state index in [9.17, 15) is 9.59 Å². The van der Waals surface area contributed by atoms with Gasteiger partial charge in [0.2, 0.25) is 11.8 Å². The van der Waals surface area contributed by atoms with Crippen LogP contribution in [-0.2, 0) is 15.0 Å². The van der Waals surface area contributed by atoms with Crippen LogP contribution in [0.3, 0.4) is 0 Å². The van der Waals surface area contributed by atoms with Crippen molar-refractivity contribution in [3.63, 3.8) is 0 Å². The van der Waals surface area contributed by atoms with Gasteiger partial charge in [0, 0.05) is 42.1 Å². The molecule has 2 aliphatic rings. The number of rotatable bonds is 8. The summed E-state index contributed by atoms with van der Waals surface area (Å²) in [5.41, 5.74) is 2.68. The second-order valence-electron chi connectivity index (χ2n) is 11.4. The summed E-state index contributed by atoms with van der Waals surface area (Å²) in [7, 11) is 0. The number of carbonyl (C=O) groups is 2. The van der Waals surface area contributed by atoms with Gasteiger partial charge in [-0.3, -0.25) is 19.5 Å². The van der Waals surface area contributed by atoms with Gasteiger partial charge >= 0.3 is 0 Å². The van der Waals surface area contributed by atoms with Gasteiger partial charge in [-0.1, -0.05) is 58.2 Å². The third-order valence-corrected chi connectivity index (χ3v) is 7.61. The number of anilines is 1. The Balaban J connectivity index is 1.67. The molecule has 0 spiro atoms. The lowest BCUT2D eigenvalue weighted by Crippen LogP contribution is -2.47.